The van der Waals surface area contributed by atoms with Gasteiger partial charge in [0, 0.05) is 6.42 Å². The summed E-state index contributed by atoms with van der Waals surface area (Å²) in [6.45, 7) is 0. The fraction of sp³-hybridized carbons (Fsp3) is 0.188. The van der Waals surface area contributed by atoms with E-state index in [1.165, 1.54) is 29.2 Å². The lowest BCUT2D eigenvalue weighted by molar-refractivity contribution is -0.138. The number of aromatic nitrogens is 1. The third-order valence-electron chi connectivity index (χ3n) is 3.68. The lowest BCUT2D eigenvalue weighted by Gasteiger charge is -2.16. The van der Waals surface area contributed by atoms with Crippen molar-refractivity contribution in [2.45, 2.75) is 16.9 Å². The highest BCUT2D eigenvalue weighted by Crippen LogP contribution is 2.38. The maximum atomic E-state index is 13.3. The summed E-state index contributed by atoms with van der Waals surface area (Å²) in [5.74, 6) is 0. The van der Waals surface area contributed by atoms with Gasteiger partial charge in [0.1, 0.15) is 0 Å². The summed E-state index contributed by atoms with van der Waals surface area (Å²) >= 11 is 3.05. The molecule has 1 aromatic heterocycles. The molecule has 0 saturated carbocycles. The van der Waals surface area contributed by atoms with Crippen molar-refractivity contribution in [3.8, 4) is 0 Å². The summed E-state index contributed by atoms with van der Waals surface area (Å²) in [5.41, 5.74) is 12.5. The Morgan fingerprint density at radius 3 is 2.58 bits per heavy atom. The molecule has 24 heavy (non-hydrogen) atoms. The molecule has 3 rings (SSSR count). The zero-order valence-electron chi connectivity index (χ0n) is 12.6. The number of halogens is 3. The second-order valence-corrected chi connectivity index (χ2v) is 7.34. The van der Waals surface area contributed by atoms with Crippen LogP contribution in [0.4, 0.5) is 24.5 Å². The van der Waals surface area contributed by atoms with E-state index in [4.69, 9.17) is 11.5 Å². The first-order chi connectivity index (χ1) is 11.3. The van der Waals surface area contributed by atoms with E-state index in [-0.39, 0.29) is 23.4 Å². The van der Waals surface area contributed by atoms with E-state index in [9.17, 15) is 13.2 Å². The molecule has 0 bridgehead atoms. The fourth-order valence-corrected chi connectivity index (χ4v) is 4.04. The number of fused-ring (bicyclic) bond motifs is 1. The minimum Gasteiger partial charge on any atom is -0.397 e. The molecule has 3 nitrogen and oxygen atoms in total. The molecule has 2 aromatic carbocycles. The minimum absolute atomic E-state index is 0.0106. The fourth-order valence-electron chi connectivity index (χ4n) is 2.49. The molecule has 0 unspecified atom stereocenters. The molecule has 4 N–H and O–H groups in total. The Morgan fingerprint density at radius 2 is 1.92 bits per heavy atom. The van der Waals surface area contributed by atoms with Crippen molar-refractivity contribution in [3.05, 3.63) is 47.0 Å². The van der Waals surface area contributed by atoms with Gasteiger partial charge in [0.15, 0.2) is 4.34 Å². The lowest BCUT2D eigenvalue weighted by atomic mass is 9.96. The van der Waals surface area contributed by atoms with E-state index in [1.54, 1.807) is 6.07 Å². The molecule has 0 spiro atoms. The molecule has 0 aliphatic carbocycles. The largest absolute Gasteiger partial charge is 0.416 e. The molecule has 126 valence electrons. The van der Waals surface area contributed by atoms with E-state index in [1.807, 2.05) is 18.4 Å². The van der Waals surface area contributed by atoms with Gasteiger partial charge in [-0.2, -0.15) is 13.2 Å². The standard InChI is InChI=1S/C16H14F3N3S2/c1-23-15-22-12-5-2-8(7-13(12)24-15)6-9-10(16(17,18)19)3-4-11(20)14(9)21/h2-5,7H,6,20-21H2,1H3. The Kier molecular flexibility index (Phi) is 4.35. The highest BCUT2D eigenvalue weighted by atomic mass is 32.2. The quantitative estimate of drug-likeness (QED) is 0.514. The van der Waals surface area contributed by atoms with Crippen LogP contribution < -0.4 is 11.5 Å². The van der Waals surface area contributed by atoms with E-state index in [2.05, 4.69) is 4.98 Å². The monoisotopic (exact) mass is 369 g/mol. The summed E-state index contributed by atoms with van der Waals surface area (Å²) < 4.78 is 41.6. The average Bonchev–Trinajstić information content (AvgIpc) is 2.93. The SMILES string of the molecule is CSc1nc2ccc(Cc3c(C(F)(F)F)ccc(N)c3N)cc2s1. The number of hydrogen-bond donors (Lipinski definition) is 2. The Hall–Kier alpha value is -1.93. The van der Waals surface area contributed by atoms with Crippen molar-refractivity contribution in [2.24, 2.45) is 0 Å². The van der Waals surface area contributed by atoms with Crippen LogP contribution in [0.25, 0.3) is 10.2 Å². The number of nitrogen functional groups attached to an aromatic ring is 2. The molecular formula is C16H14F3N3S2. The van der Waals surface area contributed by atoms with Gasteiger partial charge in [0.2, 0.25) is 0 Å². The average molecular weight is 369 g/mol. The maximum absolute atomic E-state index is 13.3. The third kappa shape index (κ3) is 3.16. The molecule has 0 amide bonds. The minimum atomic E-state index is -4.47. The van der Waals surface area contributed by atoms with Gasteiger partial charge in [0.05, 0.1) is 27.2 Å². The second-order valence-electron chi connectivity index (χ2n) is 5.26. The number of thioether (sulfide) groups is 1. The molecule has 1 heterocycles. The molecular weight excluding hydrogens is 355 g/mol. The van der Waals surface area contributed by atoms with Crippen LogP contribution in [0.2, 0.25) is 0 Å². The zero-order valence-corrected chi connectivity index (χ0v) is 14.3. The van der Waals surface area contributed by atoms with Gasteiger partial charge in [-0.1, -0.05) is 17.8 Å². The van der Waals surface area contributed by atoms with E-state index >= 15 is 0 Å². The van der Waals surface area contributed by atoms with Crippen molar-refractivity contribution in [3.63, 3.8) is 0 Å². The molecule has 8 heteroatoms. The maximum Gasteiger partial charge on any atom is 0.416 e. The molecule has 0 radical (unpaired) electrons. The number of nitrogens with zero attached hydrogens (tertiary/aromatic N) is 1. The van der Waals surface area contributed by atoms with Gasteiger partial charge >= 0.3 is 6.18 Å². The van der Waals surface area contributed by atoms with Gasteiger partial charge < -0.3 is 11.5 Å². The van der Waals surface area contributed by atoms with Crippen molar-refractivity contribution < 1.29 is 13.2 Å². The third-order valence-corrected chi connectivity index (χ3v) is 5.69. The number of thiazole rings is 1. The van der Waals surface area contributed by atoms with Crippen LogP contribution >= 0.6 is 23.1 Å². The van der Waals surface area contributed by atoms with Crippen LogP contribution in [0.1, 0.15) is 16.7 Å². The number of nitrogens with two attached hydrogens (primary N) is 2. The predicted molar refractivity (Wildman–Crippen MR) is 94.5 cm³/mol. The molecule has 0 fully saturated rings. The number of anilines is 2. The summed E-state index contributed by atoms with van der Waals surface area (Å²) in [4.78, 5) is 4.42. The molecule has 3 aromatic rings. The molecule has 0 aliphatic heterocycles. The molecule has 0 atom stereocenters. The van der Waals surface area contributed by atoms with Gasteiger partial charge in [-0.05, 0) is 41.6 Å². The predicted octanol–water partition coefficient (Wildman–Crippen LogP) is 4.79. The summed E-state index contributed by atoms with van der Waals surface area (Å²) in [6.07, 6.45) is -2.48. The molecule has 0 aliphatic rings. The topological polar surface area (TPSA) is 64.9 Å². The van der Waals surface area contributed by atoms with Crippen molar-refractivity contribution in [1.82, 2.24) is 4.98 Å². The summed E-state index contributed by atoms with van der Waals surface area (Å²) in [6, 6.07) is 7.62. The Morgan fingerprint density at radius 1 is 1.17 bits per heavy atom. The first-order valence-corrected chi connectivity index (χ1v) is 9.01. The van der Waals surface area contributed by atoms with Gasteiger partial charge in [-0.15, -0.1) is 11.3 Å². The van der Waals surface area contributed by atoms with Crippen LogP contribution in [0.15, 0.2) is 34.7 Å². The van der Waals surface area contributed by atoms with Crippen LogP contribution in [0.5, 0.6) is 0 Å². The highest BCUT2D eigenvalue weighted by molar-refractivity contribution is 8.00. The summed E-state index contributed by atoms with van der Waals surface area (Å²) in [7, 11) is 0. The normalized spacial score (nSPS) is 12.0. The number of hydrogen-bond acceptors (Lipinski definition) is 5. The van der Waals surface area contributed by atoms with E-state index in [0.29, 0.717) is 0 Å². The van der Waals surface area contributed by atoms with Crippen molar-refractivity contribution >= 4 is 44.7 Å². The molecule has 0 saturated heterocycles. The first kappa shape index (κ1) is 16.9. The lowest BCUT2D eigenvalue weighted by Crippen LogP contribution is -2.13. The van der Waals surface area contributed by atoms with Crippen LogP contribution in [-0.4, -0.2) is 11.2 Å². The first-order valence-electron chi connectivity index (χ1n) is 6.97. The van der Waals surface area contributed by atoms with E-state index < -0.39 is 11.7 Å². The Balaban J connectivity index is 2.06. The van der Waals surface area contributed by atoms with Crippen LogP contribution in [0, 0.1) is 0 Å². The Bertz CT molecular complexity index is 903. The van der Waals surface area contributed by atoms with Crippen molar-refractivity contribution in [2.75, 3.05) is 17.7 Å². The van der Waals surface area contributed by atoms with E-state index in [0.717, 1.165) is 26.2 Å². The smallest absolute Gasteiger partial charge is 0.397 e. The van der Waals surface area contributed by atoms with Crippen molar-refractivity contribution in [1.29, 1.82) is 0 Å². The summed E-state index contributed by atoms with van der Waals surface area (Å²) in [5, 5.41) is 0. The Labute approximate surface area is 144 Å². The van der Waals surface area contributed by atoms with Gasteiger partial charge in [0.25, 0.3) is 0 Å². The van der Waals surface area contributed by atoms with Crippen LogP contribution in [-0.2, 0) is 12.6 Å². The van der Waals surface area contributed by atoms with Crippen LogP contribution in [0.3, 0.4) is 0 Å². The zero-order chi connectivity index (χ0) is 17.5. The number of rotatable bonds is 3. The van der Waals surface area contributed by atoms with Gasteiger partial charge in [-0.25, -0.2) is 4.98 Å². The highest BCUT2D eigenvalue weighted by Gasteiger charge is 2.34. The van der Waals surface area contributed by atoms with Gasteiger partial charge in [-0.3, -0.25) is 0 Å². The number of alkyl halides is 3. The second kappa shape index (κ2) is 6.18. The number of benzene rings is 2.